The minimum absolute atomic E-state index is 0.172. The first-order valence-electron chi connectivity index (χ1n) is 8.25. The Labute approximate surface area is 125 Å². The van der Waals surface area contributed by atoms with Crippen LogP contribution >= 0.6 is 0 Å². The van der Waals surface area contributed by atoms with Gasteiger partial charge >= 0.3 is 0 Å². The third-order valence-electron chi connectivity index (χ3n) is 5.77. The number of rotatable bonds is 0. The predicted octanol–water partition coefficient (Wildman–Crippen LogP) is 3.37. The second-order valence-corrected chi connectivity index (χ2v) is 6.69. The molecule has 1 saturated heterocycles. The number of nitrogens with zero attached hydrogens (tertiary/aromatic N) is 1. The topological polar surface area (TPSA) is 21.7 Å². The number of fused-ring (bicyclic) bond motifs is 2. The van der Waals surface area contributed by atoms with Crippen molar-refractivity contribution >= 4 is 0 Å². The average molecular weight is 283 g/mol. The van der Waals surface area contributed by atoms with Gasteiger partial charge < -0.3 is 9.47 Å². The molecule has 4 aliphatic rings. The molecule has 3 heterocycles. The second kappa shape index (κ2) is 4.26. The van der Waals surface area contributed by atoms with Gasteiger partial charge in [0.05, 0.1) is 5.54 Å². The number of hydrogen-bond donors (Lipinski definition) is 0. The van der Waals surface area contributed by atoms with E-state index < -0.39 is 0 Å². The molecule has 3 nitrogen and oxygen atoms in total. The van der Waals surface area contributed by atoms with Gasteiger partial charge in [-0.15, -0.1) is 0 Å². The van der Waals surface area contributed by atoms with Crippen LogP contribution in [0.4, 0.5) is 0 Å². The van der Waals surface area contributed by atoms with Crippen LogP contribution in [-0.2, 0) is 12.0 Å². The van der Waals surface area contributed by atoms with E-state index in [1.807, 2.05) is 0 Å². The molecule has 3 aliphatic heterocycles. The highest BCUT2D eigenvalue weighted by Crippen LogP contribution is 2.53. The van der Waals surface area contributed by atoms with Crippen LogP contribution in [-0.4, -0.2) is 24.8 Å². The molecule has 0 aromatic heterocycles. The standard InChI is InChI=1S/C18H21NO2/c1-2-7-18-14(5-1)6-9-19(18)8-3-4-13-10-16-17(11-15(13)18)21-12-20-16/h5,10-11H,1-4,6-9,12H2/t18-/m0/s1. The minimum atomic E-state index is 0.172. The first kappa shape index (κ1) is 12.1. The Bertz CT molecular complexity index is 636. The molecular formula is C18H21NO2. The Morgan fingerprint density at radius 3 is 2.86 bits per heavy atom. The molecule has 0 radical (unpaired) electrons. The maximum absolute atomic E-state index is 5.67. The smallest absolute Gasteiger partial charge is 0.231 e. The van der Waals surface area contributed by atoms with Crippen LogP contribution in [0.5, 0.6) is 11.5 Å². The van der Waals surface area contributed by atoms with Gasteiger partial charge in [0.2, 0.25) is 6.79 Å². The van der Waals surface area contributed by atoms with Crippen molar-refractivity contribution in [1.29, 1.82) is 0 Å². The molecule has 0 bridgehead atoms. The molecular weight excluding hydrogens is 262 g/mol. The van der Waals surface area contributed by atoms with E-state index >= 15 is 0 Å². The van der Waals surface area contributed by atoms with Crippen molar-refractivity contribution in [1.82, 2.24) is 4.90 Å². The van der Waals surface area contributed by atoms with Crippen LogP contribution in [0.1, 0.15) is 43.2 Å². The summed E-state index contributed by atoms with van der Waals surface area (Å²) in [6, 6.07) is 4.54. The Morgan fingerprint density at radius 1 is 1.00 bits per heavy atom. The third-order valence-corrected chi connectivity index (χ3v) is 5.77. The maximum atomic E-state index is 5.67. The largest absolute Gasteiger partial charge is 0.454 e. The summed E-state index contributed by atoms with van der Waals surface area (Å²) in [5, 5.41) is 0. The lowest BCUT2D eigenvalue weighted by Crippen LogP contribution is -2.43. The minimum Gasteiger partial charge on any atom is -0.454 e. The molecule has 5 rings (SSSR count). The number of ether oxygens (including phenoxy) is 2. The van der Waals surface area contributed by atoms with E-state index in [-0.39, 0.29) is 5.54 Å². The summed E-state index contributed by atoms with van der Waals surface area (Å²) in [7, 11) is 0. The van der Waals surface area contributed by atoms with Crippen molar-refractivity contribution < 1.29 is 9.47 Å². The van der Waals surface area contributed by atoms with Crippen molar-refractivity contribution in [3.05, 3.63) is 34.9 Å². The van der Waals surface area contributed by atoms with E-state index in [4.69, 9.17) is 9.47 Å². The summed E-state index contributed by atoms with van der Waals surface area (Å²) < 4.78 is 11.3. The molecule has 1 fully saturated rings. The fraction of sp³-hybridized carbons (Fsp3) is 0.556. The summed E-state index contributed by atoms with van der Waals surface area (Å²) >= 11 is 0. The van der Waals surface area contributed by atoms with E-state index in [9.17, 15) is 0 Å². The van der Waals surface area contributed by atoms with Crippen LogP contribution in [0.15, 0.2) is 23.8 Å². The number of benzene rings is 1. The monoisotopic (exact) mass is 283 g/mol. The van der Waals surface area contributed by atoms with Gasteiger partial charge in [0, 0.05) is 6.54 Å². The van der Waals surface area contributed by atoms with Crippen molar-refractivity contribution in [2.75, 3.05) is 19.9 Å². The van der Waals surface area contributed by atoms with Crippen LogP contribution in [0.3, 0.4) is 0 Å². The summed E-state index contributed by atoms with van der Waals surface area (Å²) in [6.07, 6.45) is 10.0. The first-order valence-corrected chi connectivity index (χ1v) is 8.25. The quantitative estimate of drug-likeness (QED) is 0.681. The van der Waals surface area contributed by atoms with Gasteiger partial charge in [0.15, 0.2) is 11.5 Å². The molecule has 1 aromatic rings. The Hall–Kier alpha value is -1.48. The molecule has 1 aromatic carbocycles. The van der Waals surface area contributed by atoms with Gasteiger partial charge in [0.1, 0.15) is 0 Å². The van der Waals surface area contributed by atoms with Crippen molar-refractivity contribution in [2.24, 2.45) is 0 Å². The molecule has 0 amide bonds. The van der Waals surface area contributed by atoms with Crippen LogP contribution in [0, 0.1) is 0 Å². The normalized spacial score (nSPS) is 30.2. The van der Waals surface area contributed by atoms with Crippen LogP contribution in [0.2, 0.25) is 0 Å². The molecule has 1 aliphatic carbocycles. The van der Waals surface area contributed by atoms with Gasteiger partial charge in [-0.25, -0.2) is 0 Å². The molecule has 0 unspecified atom stereocenters. The van der Waals surface area contributed by atoms with Crippen molar-refractivity contribution in [3.8, 4) is 11.5 Å². The second-order valence-electron chi connectivity index (χ2n) is 6.69. The zero-order chi connectivity index (χ0) is 13.9. The van der Waals surface area contributed by atoms with E-state index in [0.717, 1.165) is 17.9 Å². The maximum Gasteiger partial charge on any atom is 0.231 e. The van der Waals surface area contributed by atoms with Gasteiger partial charge in [-0.1, -0.05) is 6.08 Å². The number of allylic oxidation sites excluding steroid dienone is 1. The lowest BCUT2D eigenvalue weighted by Gasteiger charge is -2.42. The molecule has 1 atom stereocenters. The summed E-state index contributed by atoms with van der Waals surface area (Å²) in [4.78, 5) is 2.74. The first-order chi connectivity index (χ1) is 10.4. The molecule has 1 spiro atoms. The highest BCUT2D eigenvalue weighted by atomic mass is 16.7. The molecule has 110 valence electrons. The van der Waals surface area contributed by atoms with Crippen LogP contribution in [0.25, 0.3) is 0 Å². The van der Waals surface area contributed by atoms with E-state index in [1.165, 1.54) is 56.3 Å². The average Bonchev–Trinajstić information content (AvgIpc) is 3.08. The molecule has 3 heteroatoms. The number of hydrogen-bond acceptors (Lipinski definition) is 3. The van der Waals surface area contributed by atoms with E-state index in [0.29, 0.717) is 6.79 Å². The van der Waals surface area contributed by atoms with Gasteiger partial charge in [0.25, 0.3) is 0 Å². The molecule has 21 heavy (non-hydrogen) atoms. The van der Waals surface area contributed by atoms with Gasteiger partial charge in [-0.05, 0) is 73.9 Å². The van der Waals surface area contributed by atoms with Gasteiger partial charge in [-0.3, -0.25) is 4.90 Å². The number of aryl methyl sites for hydroxylation is 1. The summed E-state index contributed by atoms with van der Waals surface area (Å²) in [5.41, 5.74) is 4.82. The Kier molecular flexibility index (Phi) is 2.46. The Balaban J connectivity index is 1.76. The highest BCUT2D eigenvalue weighted by Gasteiger charge is 2.49. The van der Waals surface area contributed by atoms with Crippen molar-refractivity contribution in [2.45, 2.75) is 44.1 Å². The summed E-state index contributed by atoms with van der Waals surface area (Å²) in [6.45, 7) is 2.82. The Morgan fingerprint density at radius 2 is 1.90 bits per heavy atom. The SMILES string of the molecule is C1=C2CCN3CCCc4cc5c(cc4[C@]23CCC1)OCO5. The molecule has 0 N–H and O–H groups in total. The fourth-order valence-corrected chi connectivity index (χ4v) is 4.90. The van der Waals surface area contributed by atoms with Crippen molar-refractivity contribution in [3.63, 3.8) is 0 Å². The zero-order valence-corrected chi connectivity index (χ0v) is 12.4. The predicted molar refractivity (Wildman–Crippen MR) is 80.7 cm³/mol. The van der Waals surface area contributed by atoms with Gasteiger partial charge in [-0.2, -0.15) is 0 Å². The van der Waals surface area contributed by atoms with E-state index in [2.05, 4.69) is 23.1 Å². The lowest BCUT2D eigenvalue weighted by molar-refractivity contribution is 0.148. The fourth-order valence-electron chi connectivity index (χ4n) is 4.90. The highest BCUT2D eigenvalue weighted by molar-refractivity contribution is 5.55. The lowest BCUT2D eigenvalue weighted by atomic mass is 9.74. The third kappa shape index (κ3) is 1.53. The molecule has 0 saturated carbocycles. The summed E-state index contributed by atoms with van der Waals surface area (Å²) in [5.74, 6) is 1.89. The van der Waals surface area contributed by atoms with Crippen LogP contribution < -0.4 is 9.47 Å². The van der Waals surface area contributed by atoms with E-state index in [1.54, 1.807) is 5.57 Å². The zero-order valence-electron chi connectivity index (χ0n) is 12.4.